The van der Waals surface area contributed by atoms with Gasteiger partial charge in [-0.1, -0.05) is 12.1 Å². The fourth-order valence-electron chi connectivity index (χ4n) is 3.56. The van der Waals surface area contributed by atoms with E-state index in [9.17, 15) is 18.0 Å². The molecule has 0 saturated heterocycles. The largest absolute Gasteiger partial charge is 0.433 e. The number of hydrogen-bond acceptors (Lipinski definition) is 5. The Labute approximate surface area is 178 Å². The van der Waals surface area contributed by atoms with Crippen molar-refractivity contribution in [2.24, 2.45) is 7.05 Å². The summed E-state index contributed by atoms with van der Waals surface area (Å²) < 4.78 is 45.1. The molecular weight excluding hydrogens is 427 g/mol. The van der Waals surface area contributed by atoms with Gasteiger partial charge in [-0.15, -0.1) is 0 Å². The number of benzene rings is 1. The van der Waals surface area contributed by atoms with Crippen LogP contribution in [0.3, 0.4) is 0 Å². The molecule has 0 bridgehead atoms. The number of rotatable bonds is 4. The lowest BCUT2D eigenvalue weighted by atomic mass is 10.0. The normalized spacial score (nSPS) is 14.2. The molecule has 5 rings (SSSR count). The number of aryl methyl sites for hydroxylation is 1. The van der Waals surface area contributed by atoms with Crippen molar-refractivity contribution in [1.82, 2.24) is 19.1 Å². The Balaban J connectivity index is 1.50. The number of pyridine rings is 1. The summed E-state index contributed by atoms with van der Waals surface area (Å²) in [7, 11) is 1.86. The second-order valence-corrected chi connectivity index (χ2v) is 8.25. The van der Waals surface area contributed by atoms with E-state index in [2.05, 4.69) is 19.8 Å². The first-order valence-corrected chi connectivity index (χ1v) is 10.3. The molecule has 31 heavy (non-hydrogen) atoms. The molecule has 0 unspecified atom stereocenters. The van der Waals surface area contributed by atoms with Gasteiger partial charge in [0.2, 0.25) is 0 Å². The molecule has 6 nitrogen and oxygen atoms in total. The summed E-state index contributed by atoms with van der Waals surface area (Å²) in [5.41, 5.74) is 2.43. The first kappa shape index (κ1) is 19.7. The SMILES string of the molecule is Cn1ncc2ccc(-c3nsc(C(=O)Nc4ccnc(C(F)(F)F)c4)c3C3CC3)cc21. The lowest BCUT2D eigenvalue weighted by Gasteiger charge is -2.09. The second-order valence-electron chi connectivity index (χ2n) is 7.47. The Morgan fingerprint density at radius 3 is 2.77 bits per heavy atom. The maximum atomic E-state index is 12.9. The van der Waals surface area contributed by atoms with E-state index in [1.807, 2.05) is 25.2 Å². The fourth-order valence-corrected chi connectivity index (χ4v) is 4.44. The lowest BCUT2D eigenvalue weighted by Crippen LogP contribution is -2.14. The number of amides is 1. The Morgan fingerprint density at radius 2 is 2.03 bits per heavy atom. The summed E-state index contributed by atoms with van der Waals surface area (Å²) in [5, 5.41) is 7.83. The number of aromatic nitrogens is 4. The van der Waals surface area contributed by atoms with Gasteiger partial charge < -0.3 is 5.32 Å². The van der Waals surface area contributed by atoms with Gasteiger partial charge in [0.1, 0.15) is 10.6 Å². The van der Waals surface area contributed by atoms with Crippen LogP contribution in [0.25, 0.3) is 22.2 Å². The smallest absolute Gasteiger partial charge is 0.321 e. The molecule has 1 aliphatic rings. The maximum absolute atomic E-state index is 12.9. The van der Waals surface area contributed by atoms with E-state index in [1.54, 1.807) is 10.9 Å². The van der Waals surface area contributed by atoms with Crippen LogP contribution in [0, 0.1) is 0 Å². The van der Waals surface area contributed by atoms with Crippen LogP contribution in [-0.4, -0.2) is 25.0 Å². The minimum absolute atomic E-state index is 0.0420. The van der Waals surface area contributed by atoms with Crippen molar-refractivity contribution in [2.45, 2.75) is 24.9 Å². The summed E-state index contributed by atoms with van der Waals surface area (Å²) >= 11 is 1.07. The molecule has 3 heterocycles. The van der Waals surface area contributed by atoms with E-state index in [-0.39, 0.29) is 11.6 Å². The first-order chi connectivity index (χ1) is 14.8. The number of alkyl halides is 3. The molecule has 0 radical (unpaired) electrons. The van der Waals surface area contributed by atoms with Crippen LogP contribution in [0.15, 0.2) is 42.7 Å². The number of nitrogens with zero attached hydrogens (tertiary/aromatic N) is 4. The molecule has 1 N–H and O–H groups in total. The number of hydrogen-bond donors (Lipinski definition) is 1. The van der Waals surface area contributed by atoms with Crippen LogP contribution in [0.5, 0.6) is 0 Å². The highest BCUT2D eigenvalue weighted by atomic mass is 32.1. The first-order valence-electron chi connectivity index (χ1n) is 9.57. The van der Waals surface area contributed by atoms with E-state index in [4.69, 9.17) is 0 Å². The van der Waals surface area contributed by atoms with Gasteiger partial charge in [0.05, 0.1) is 17.4 Å². The van der Waals surface area contributed by atoms with Gasteiger partial charge in [-0.2, -0.15) is 22.6 Å². The molecular formula is C21H16F3N5OS. The van der Waals surface area contributed by atoms with Crippen molar-refractivity contribution in [1.29, 1.82) is 0 Å². The summed E-state index contributed by atoms with van der Waals surface area (Å²) in [6, 6.07) is 8.06. The van der Waals surface area contributed by atoms with Gasteiger partial charge in [0.25, 0.3) is 5.91 Å². The van der Waals surface area contributed by atoms with Gasteiger partial charge in [0.15, 0.2) is 0 Å². The topological polar surface area (TPSA) is 72.7 Å². The van der Waals surface area contributed by atoms with Crippen LogP contribution in [0.2, 0.25) is 0 Å². The van der Waals surface area contributed by atoms with E-state index in [1.165, 1.54) is 6.07 Å². The number of carbonyl (C=O) groups is 1. The minimum Gasteiger partial charge on any atom is -0.321 e. The van der Waals surface area contributed by atoms with Crippen LogP contribution in [0.1, 0.15) is 39.7 Å². The third-order valence-electron chi connectivity index (χ3n) is 5.25. The molecule has 1 aromatic carbocycles. The Kier molecular flexibility index (Phi) is 4.54. The zero-order valence-corrected chi connectivity index (χ0v) is 17.1. The number of fused-ring (bicyclic) bond motifs is 1. The van der Waals surface area contributed by atoms with Gasteiger partial charge >= 0.3 is 6.18 Å². The van der Waals surface area contributed by atoms with Crippen molar-refractivity contribution in [3.63, 3.8) is 0 Å². The predicted molar refractivity (Wildman–Crippen MR) is 111 cm³/mol. The van der Waals surface area contributed by atoms with Crippen molar-refractivity contribution in [3.8, 4) is 11.3 Å². The van der Waals surface area contributed by atoms with Crippen LogP contribution >= 0.6 is 11.5 Å². The van der Waals surface area contributed by atoms with Crippen LogP contribution < -0.4 is 5.32 Å². The molecule has 1 saturated carbocycles. The van der Waals surface area contributed by atoms with Crippen molar-refractivity contribution >= 4 is 34.0 Å². The van der Waals surface area contributed by atoms with E-state index < -0.39 is 17.8 Å². The summed E-state index contributed by atoms with van der Waals surface area (Å²) in [6.07, 6.45) is 0.133. The molecule has 1 fully saturated rings. The van der Waals surface area contributed by atoms with Crippen molar-refractivity contribution < 1.29 is 18.0 Å². The molecule has 0 spiro atoms. The zero-order valence-electron chi connectivity index (χ0n) is 16.3. The van der Waals surface area contributed by atoms with Crippen molar-refractivity contribution in [3.05, 3.63) is 58.9 Å². The average molecular weight is 443 g/mol. The molecule has 10 heteroatoms. The van der Waals surface area contributed by atoms with Crippen LogP contribution in [0.4, 0.5) is 18.9 Å². The summed E-state index contributed by atoms with van der Waals surface area (Å²) in [5.74, 6) is -0.244. The quantitative estimate of drug-likeness (QED) is 0.468. The van der Waals surface area contributed by atoms with Crippen molar-refractivity contribution in [2.75, 3.05) is 5.32 Å². The number of nitrogens with one attached hydrogen (secondary N) is 1. The average Bonchev–Trinajstić information content (AvgIpc) is 3.37. The molecule has 158 valence electrons. The third kappa shape index (κ3) is 3.67. The predicted octanol–water partition coefficient (Wildman–Crippen LogP) is 5.24. The molecule has 4 aromatic rings. The van der Waals surface area contributed by atoms with Gasteiger partial charge in [-0.25, -0.2) is 0 Å². The van der Waals surface area contributed by atoms with E-state index in [0.717, 1.165) is 64.4 Å². The Bertz CT molecular complexity index is 1310. The van der Waals surface area contributed by atoms with E-state index >= 15 is 0 Å². The molecule has 0 atom stereocenters. The number of anilines is 1. The third-order valence-corrected chi connectivity index (χ3v) is 6.11. The molecule has 1 aliphatic carbocycles. The summed E-state index contributed by atoms with van der Waals surface area (Å²) in [6.45, 7) is 0. The van der Waals surface area contributed by atoms with Gasteiger partial charge in [0, 0.05) is 35.4 Å². The second kappa shape index (κ2) is 7.16. The van der Waals surface area contributed by atoms with Gasteiger partial charge in [-0.05, 0) is 48.5 Å². The Hall–Kier alpha value is -3.27. The highest BCUT2D eigenvalue weighted by molar-refractivity contribution is 7.08. The minimum atomic E-state index is -4.58. The highest BCUT2D eigenvalue weighted by Gasteiger charge is 2.35. The zero-order chi connectivity index (χ0) is 21.8. The van der Waals surface area contributed by atoms with E-state index in [0.29, 0.717) is 4.88 Å². The Morgan fingerprint density at radius 1 is 1.23 bits per heavy atom. The molecule has 0 aliphatic heterocycles. The lowest BCUT2D eigenvalue weighted by molar-refractivity contribution is -0.141. The molecule has 3 aromatic heterocycles. The fraction of sp³-hybridized carbons (Fsp3) is 0.238. The van der Waals surface area contributed by atoms with Crippen LogP contribution in [-0.2, 0) is 13.2 Å². The maximum Gasteiger partial charge on any atom is 0.433 e. The number of carbonyl (C=O) groups excluding carboxylic acids is 1. The molecule has 1 amide bonds. The number of halogens is 3. The highest BCUT2D eigenvalue weighted by Crippen LogP contribution is 2.47. The standard InChI is InChI=1S/C21H16F3N5OS/c1-29-15-8-12(4-5-13(15)10-26-29)18-17(11-2-3-11)19(31-28-18)20(30)27-14-6-7-25-16(9-14)21(22,23)24/h4-11H,2-3H2,1H3,(H,25,27,30). The monoisotopic (exact) mass is 443 g/mol. The van der Waals surface area contributed by atoms with Gasteiger partial charge in [-0.3, -0.25) is 14.5 Å². The summed E-state index contributed by atoms with van der Waals surface area (Å²) in [4.78, 5) is 16.7.